The van der Waals surface area contributed by atoms with Gasteiger partial charge < -0.3 is 24.0 Å². The summed E-state index contributed by atoms with van der Waals surface area (Å²) in [4.78, 5) is 29.3. The molecule has 0 radical (unpaired) electrons. The molecular formula is C26H24FN3O4. The molecule has 0 aliphatic rings. The van der Waals surface area contributed by atoms with E-state index in [-0.39, 0.29) is 30.3 Å². The van der Waals surface area contributed by atoms with Gasteiger partial charge in [0.1, 0.15) is 11.6 Å². The molecule has 174 valence electrons. The third-order valence-corrected chi connectivity index (χ3v) is 5.21. The number of benzene rings is 2. The number of carbonyl (C=O) groups excluding carboxylic acids is 2. The number of hydrogen-bond acceptors (Lipinski definition) is 5. The first-order chi connectivity index (χ1) is 16.4. The normalized spacial score (nSPS) is 10.7. The maximum atomic E-state index is 13.5. The minimum absolute atomic E-state index is 0.214. The predicted octanol–water partition coefficient (Wildman–Crippen LogP) is 5.17. The Kier molecular flexibility index (Phi) is 6.77. The number of furan rings is 2. The average molecular weight is 461 g/mol. The largest absolute Gasteiger partial charge is 0.467 e. The zero-order chi connectivity index (χ0) is 24.1. The maximum Gasteiger partial charge on any atom is 0.290 e. The molecule has 7 nitrogen and oxygen atoms in total. The molecule has 8 heteroatoms. The first-order valence-corrected chi connectivity index (χ1v) is 10.6. The fourth-order valence-corrected chi connectivity index (χ4v) is 3.61. The number of amides is 2. The van der Waals surface area contributed by atoms with Gasteiger partial charge in [0.25, 0.3) is 11.8 Å². The topological polar surface area (TPSA) is 78.9 Å². The van der Waals surface area contributed by atoms with Crippen LogP contribution >= 0.6 is 0 Å². The summed E-state index contributed by atoms with van der Waals surface area (Å²) in [7, 11) is 3.80. The third kappa shape index (κ3) is 5.35. The molecule has 0 fully saturated rings. The van der Waals surface area contributed by atoms with Gasteiger partial charge in [0.15, 0.2) is 5.76 Å². The zero-order valence-corrected chi connectivity index (χ0v) is 18.8. The van der Waals surface area contributed by atoms with Crippen LogP contribution in [0, 0.1) is 5.82 Å². The number of nitrogens with one attached hydrogen (secondary N) is 1. The molecule has 0 aliphatic heterocycles. The molecule has 1 N–H and O–H groups in total. The molecule has 34 heavy (non-hydrogen) atoms. The Morgan fingerprint density at radius 1 is 0.912 bits per heavy atom. The van der Waals surface area contributed by atoms with Gasteiger partial charge in [-0.2, -0.15) is 0 Å². The van der Waals surface area contributed by atoms with Crippen molar-refractivity contribution in [2.75, 3.05) is 24.3 Å². The Morgan fingerprint density at radius 3 is 2.38 bits per heavy atom. The van der Waals surface area contributed by atoms with E-state index in [9.17, 15) is 14.0 Å². The van der Waals surface area contributed by atoms with E-state index in [0.717, 1.165) is 11.3 Å². The molecule has 0 saturated carbocycles. The van der Waals surface area contributed by atoms with Gasteiger partial charge in [-0.15, -0.1) is 0 Å². The minimum Gasteiger partial charge on any atom is -0.467 e. The highest BCUT2D eigenvalue weighted by Crippen LogP contribution is 2.26. The van der Waals surface area contributed by atoms with Gasteiger partial charge in [-0.05, 0) is 66.2 Å². The van der Waals surface area contributed by atoms with Gasteiger partial charge in [0, 0.05) is 37.6 Å². The van der Waals surface area contributed by atoms with E-state index >= 15 is 0 Å². The summed E-state index contributed by atoms with van der Waals surface area (Å²) in [5.74, 6) is -0.362. The van der Waals surface area contributed by atoms with Crippen LogP contribution in [0.15, 0.2) is 88.1 Å². The molecule has 2 aromatic carbocycles. The van der Waals surface area contributed by atoms with E-state index < -0.39 is 11.7 Å². The van der Waals surface area contributed by atoms with E-state index in [1.165, 1.54) is 24.5 Å². The number of nitrogens with zero attached hydrogens (tertiary/aromatic N) is 2. The van der Waals surface area contributed by atoms with Gasteiger partial charge >= 0.3 is 0 Å². The maximum absolute atomic E-state index is 13.5. The first-order valence-electron chi connectivity index (χ1n) is 10.6. The smallest absolute Gasteiger partial charge is 0.290 e. The van der Waals surface area contributed by atoms with Crippen LogP contribution in [0.3, 0.4) is 0 Å². The zero-order valence-electron chi connectivity index (χ0n) is 18.8. The highest BCUT2D eigenvalue weighted by molar-refractivity contribution is 6.04. The van der Waals surface area contributed by atoms with Gasteiger partial charge in [-0.3, -0.25) is 9.59 Å². The summed E-state index contributed by atoms with van der Waals surface area (Å²) >= 11 is 0. The summed E-state index contributed by atoms with van der Waals surface area (Å²) in [6.07, 6.45) is 3.00. The molecule has 2 amide bonds. The van der Waals surface area contributed by atoms with Crippen LogP contribution in [0.2, 0.25) is 0 Å². The molecule has 4 rings (SSSR count). The Hall–Kier alpha value is -4.33. The van der Waals surface area contributed by atoms with Gasteiger partial charge in [0.05, 0.1) is 19.1 Å². The van der Waals surface area contributed by atoms with Crippen LogP contribution in [0.1, 0.15) is 32.2 Å². The lowest BCUT2D eigenvalue weighted by Gasteiger charge is -2.25. The van der Waals surface area contributed by atoms with E-state index in [1.54, 1.807) is 53.6 Å². The van der Waals surface area contributed by atoms with E-state index in [4.69, 9.17) is 8.83 Å². The molecule has 2 heterocycles. The first kappa shape index (κ1) is 22.8. The molecule has 0 atom stereocenters. The molecular weight excluding hydrogens is 437 g/mol. The van der Waals surface area contributed by atoms with E-state index in [1.807, 2.05) is 25.1 Å². The number of hydrogen-bond donors (Lipinski definition) is 1. The van der Waals surface area contributed by atoms with Crippen molar-refractivity contribution in [3.63, 3.8) is 0 Å². The van der Waals surface area contributed by atoms with Crippen molar-refractivity contribution < 1.29 is 22.8 Å². The lowest BCUT2D eigenvalue weighted by Crippen LogP contribution is -2.30. The fourth-order valence-electron chi connectivity index (χ4n) is 3.61. The third-order valence-electron chi connectivity index (χ3n) is 5.21. The van der Waals surface area contributed by atoms with Crippen molar-refractivity contribution in [1.29, 1.82) is 0 Å². The molecule has 0 aliphatic carbocycles. The summed E-state index contributed by atoms with van der Waals surface area (Å²) in [5.41, 5.74) is 2.41. The van der Waals surface area contributed by atoms with Gasteiger partial charge in [0.2, 0.25) is 0 Å². The Bertz CT molecular complexity index is 1270. The minimum atomic E-state index is -0.485. The van der Waals surface area contributed by atoms with Crippen molar-refractivity contribution in [2.24, 2.45) is 0 Å². The Balaban J connectivity index is 1.63. The molecule has 0 bridgehead atoms. The van der Waals surface area contributed by atoms with E-state index in [0.29, 0.717) is 11.4 Å². The van der Waals surface area contributed by atoms with Crippen LogP contribution in [-0.2, 0) is 13.1 Å². The van der Waals surface area contributed by atoms with Gasteiger partial charge in [-0.1, -0.05) is 6.07 Å². The van der Waals surface area contributed by atoms with Crippen molar-refractivity contribution in [3.8, 4) is 0 Å². The average Bonchev–Trinajstić information content (AvgIpc) is 3.53. The van der Waals surface area contributed by atoms with Crippen molar-refractivity contribution in [3.05, 3.63) is 108 Å². The van der Waals surface area contributed by atoms with Crippen molar-refractivity contribution >= 4 is 23.2 Å². The SMILES string of the molecule is CN(C)c1ccc(NC(=O)c2cccc(F)c2)cc1CN(Cc1ccco1)C(=O)c1ccco1. The summed E-state index contributed by atoms with van der Waals surface area (Å²) < 4.78 is 24.3. The number of halogens is 1. The highest BCUT2D eigenvalue weighted by Gasteiger charge is 2.22. The van der Waals surface area contributed by atoms with Crippen molar-refractivity contribution in [2.45, 2.75) is 13.1 Å². The molecule has 0 saturated heterocycles. The Morgan fingerprint density at radius 2 is 1.71 bits per heavy atom. The molecule has 0 unspecified atom stereocenters. The standard InChI is InChI=1S/C26H24FN3O4/c1-29(2)23-11-10-21(28-25(31)18-6-3-7-20(27)14-18)15-19(23)16-30(17-22-8-4-12-33-22)26(32)24-9-5-13-34-24/h3-15H,16-17H2,1-2H3,(H,28,31). The molecule has 4 aromatic rings. The second-order valence-corrected chi connectivity index (χ2v) is 7.92. The van der Waals surface area contributed by atoms with Crippen LogP contribution in [-0.4, -0.2) is 30.8 Å². The van der Waals surface area contributed by atoms with Gasteiger partial charge in [-0.25, -0.2) is 4.39 Å². The number of rotatable bonds is 8. The number of carbonyl (C=O) groups is 2. The van der Waals surface area contributed by atoms with Crippen LogP contribution < -0.4 is 10.2 Å². The lowest BCUT2D eigenvalue weighted by molar-refractivity contribution is 0.0685. The summed E-state index contributed by atoms with van der Waals surface area (Å²) in [5, 5.41) is 2.80. The molecule has 0 spiro atoms. The van der Waals surface area contributed by atoms with Crippen LogP contribution in [0.5, 0.6) is 0 Å². The second-order valence-electron chi connectivity index (χ2n) is 7.92. The quantitative estimate of drug-likeness (QED) is 0.392. The Labute approximate surface area is 196 Å². The second kappa shape index (κ2) is 10.1. The molecule has 2 aromatic heterocycles. The predicted molar refractivity (Wildman–Crippen MR) is 126 cm³/mol. The summed E-state index contributed by atoms with van der Waals surface area (Å²) in [6, 6.07) is 17.7. The highest BCUT2D eigenvalue weighted by atomic mass is 19.1. The van der Waals surface area contributed by atoms with E-state index in [2.05, 4.69) is 5.32 Å². The summed E-state index contributed by atoms with van der Waals surface area (Å²) in [6.45, 7) is 0.469. The van der Waals surface area contributed by atoms with Crippen molar-refractivity contribution in [1.82, 2.24) is 4.90 Å². The number of anilines is 2. The van der Waals surface area contributed by atoms with Crippen LogP contribution in [0.25, 0.3) is 0 Å². The monoisotopic (exact) mass is 461 g/mol. The fraction of sp³-hybridized carbons (Fsp3) is 0.154. The lowest BCUT2D eigenvalue weighted by atomic mass is 10.1. The van der Waals surface area contributed by atoms with Crippen LogP contribution in [0.4, 0.5) is 15.8 Å².